The van der Waals surface area contributed by atoms with Crippen molar-refractivity contribution >= 4 is 38.2 Å². The van der Waals surface area contributed by atoms with Gasteiger partial charge in [0.25, 0.3) is 0 Å². The molecule has 0 aliphatic rings. The quantitative estimate of drug-likeness (QED) is 0.160. The molecule has 0 aliphatic heterocycles. The molecule has 5 aromatic rings. The standard InChI is InChI=1S/C32H28ClFN4O4S/c1-3-13-35-28(19-43(2,39)40)31-12-11-29(42-31)23-8-9-27-25(16-23)32(38-20-37-27)36-17-21-7-10-30(26(33)15-21)41-18-22-5-4-6-24(34)14-22/h1,4-12,14-16,20,28,35H,13,17-19H2,2H3,(H,36,37,38). The second-order valence-corrected chi connectivity index (χ2v) is 12.5. The molecule has 11 heteroatoms. The van der Waals surface area contributed by atoms with Gasteiger partial charge in [0, 0.05) is 23.8 Å². The number of terminal acetylenes is 1. The summed E-state index contributed by atoms with van der Waals surface area (Å²) in [6, 6.07) is 20.3. The lowest BCUT2D eigenvalue weighted by Gasteiger charge is -2.14. The van der Waals surface area contributed by atoms with Crippen LogP contribution in [0, 0.1) is 18.2 Å². The number of anilines is 1. The van der Waals surface area contributed by atoms with Crippen LogP contribution in [-0.4, -0.2) is 36.9 Å². The highest BCUT2D eigenvalue weighted by Crippen LogP contribution is 2.31. The number of fused-ring (bicyclic) bond motifs is 1. The Balaban J connectivity index is 1.31. The average Bonchev–Trinajstić information content (AvgIpc) is 3.47. The minimum absolute atomic E-state index is 0.147. The Bertz CT molecular complexity index is 1910. The van der Waals surface area contributed by atoms with Gasteiger partial charge in [-0.1, -0.05) is 35.7 Å². The number of sulfone groups is 1. The van der Waals surface area contributed by atoms with Crippen molar-refractivity contribution < 1.29 is 22.0 Å². The second kappa shape index (κ2) is 13.3. The SMILES string of the molecule is C#CCNC(CS(C)(=O)=O)c1ccc(-c2ccc3ncnc(NCc4ccc(OCc5cccc(F)c5)c(Cl)c4)c3c2)o1. The van der Waals surface area contributed by atoms with Crippen molar-refractivity contribution in [2.45, 2.75) is 19.2 Å². The third kappa shape index (κ3) is 7.90. The number of hydrogen-bond acceptors (Lipinski definition) is 8. The van der Waals surface area contributed by atoms with E-state index < -0.39 is 15.9 Å². The van der Waals surface area contributed by atoms with Crippen LogP contribution in [0.25, 0.3) is 22.2 Å². The van der Waals surface area contributed by atoms with Crippen LogP contribution in [0.15, 0.2) is 83.5 Å². The summed E-state index contributed by atoms with van der Waals surface area (Å²) in [5.41, 5.74) is 3.11. The van der Waals surface area contributed by atoms with Crippen LogP contribution in [0.2, 0.25) is 5.02 Å². The third-order valence-electron chi connectivity index (χ3n) is 6.55. The van der Waals surface area contributed by atoms with Gasteiger partial charge >= 0.3 is 0 Å². The van der Waals surface area contributed by atoms with Crippen molar-refractivity contribution in [2.75, 3.05) is 23.9 Å². The second-order valence-electron chi connectivity index (χ2n) is 9.92. The minimum atomic E-state index is -3.29. The van der Waals surface area contributed by atoms with Gasteiger partial charge in [-0.05, 0) is 65.7 Å². The topological polar surface area (TPSA) is 106 Å². The number of aromatic nitrogens is 2. The predicted octanol–water partition coefficient (Wildman–Crippen LogP) is 6.18. The maximum absolute atomic E-state index is 13.4. The van der Waals surface area contributed by atoms with Crippen molar-refractivity contribution in [1.29, 1.82) is 0 Å². The van der Waals surface area contributed by atoms with E-state index in [0.717, 1.165) is 22.0 Å². The van der Waals surface area contributed by atoms with E-state index in [1.165, 1.54) is 24.7 Å². The van der Waals surface area contributed by atoms with E-state index in [4.69, 9.17) is 27.2 Å². The van der Waals surface area contributed by atoms with Gasteiger partial charge in [-0.2, -0.15) is 0 Å². The van der Waals surface area contributed by atoms with Crippen LogP contribution < -0.4 is 15.4 Å². The molecule has 0 aliphatic carbocycles. The fourth-order valence-corrected chi connectivity index (χ4v) is 5.66. The number of furan rings is 1. The zero-order chi connectivity index (χ0) is 30.4. The number of halogens is 2. The number of ether oxygens (including phenoxy) is 1. The van der Waals surface area contributed by atoms with E-state index in [-0.39, 0.29) is 24.7 Å². The Hall–Kier alpha value is -4.43. The highest BCUT2D eigenvalue weighted by molar-refractivity contribution is 7.90. The Morgan fingerprint density at radius 1 is 1.07 bits per heavy atom. The van der Waals surface area contributed by atoms with E-state index in [9.17, 15) is 12.8 Å². The monoisotopic (exact) mass is 618 g/mol. The van der Waals surface area contributed by atoms with Gasteiger partial charge < -0.3 is 14.5 Å². The molecule has 0 fully saturated rings. The van der Waals surface area contributed by atoms with Gasteiger partial charge in [0.1, 0.15) is 51.7 Å². The maximum Gasteiger partial charge on any atom is 0.149 e. The van der Waals surface area contributed by atoms with E-state index in [2.05, 4.69) is 26.5 Å². The lowest BCUT2D eigenvalue weighted by molar-refractivity contribution is 0.305. The van der Waals surface area contributed by atoms with Crippen LogP contribution in [0.1, 0.15) is 22.9 Å². The molecular weight excluding hydrogens is 591 g/mol. The molecule has 2 aromatic heterocycles. The summed E-state index contributed by atoms with van der Waals surface area (Å²) in [6.45, 7) is 0.828. The minimum Gasteiger partial charge on any atom is -0.487 e. The Labute approximate surface area is 254 Å². The van der Waals surface area contributed by atoms with Crippen LogP contribution in [-0.2, 0) is 23.0 Å². The predicted molar refractivity (Wildman–Crippen MR) is 166 cm³/mol. The number of hydrogen-bond donors (Lipinski definition) is 2. The van der Waals surface area contributed by atoms with Gasteiger partial charge in [0.05, 0.1) is 28.9 Å². The van der Waals surface area contributed by atoms with Crippen LogP contribution in [0.5, 0.6) is 5.75 Å². The van der Waals surface area contributed by atoms with Gasteiger partial charge in [-0.3, -0.25) is 5.32 Å². The number of nitrogens with one attached hydrogen (secondary N) is 2. The molecule has 0 spiro atoms. The molecular formula is C32H28ClFN4O4S. The first-order chi connectivity index (χ1) is 20.7. The van der Waals surface area contributed by atoms with Crippen LogP contribution in [0.3, 0.4) is 0 Å². The maximum atomic E-state index is 13.4. The highest BCUT2D eigenvalue weighted by atomic mass is 35.5. The molecule has 1 atom stereocenters. The summed E-state index contributed by atoms with van der Waals surface area (Å²) in [4.78, 5) is 8.82. The summed E-state index contributed by atoms with van der Waals surface area (Å²) < 4.78 is 49.2. The van der Waals surface area contributed by atoms with Crippen LogP contribution in [0.4, 0.5) is 10.2 Å². The van der Waals surface area contributed by atoms with E-state index in [1.54, 1.807) is 36.4 Å². The molecule has 5 rings (SSSR count). The summed E-state index contributed by atoms with van der Waals surface area (Å²) in [5.74, 6) is 4.15. The summed E-state index contributed by atoms with van der Waals surface area (Å²) in [6.07, 6.45) is 8.02. The lowest BCUT2D eigenvalue weighted by Crippen LogP contribution is -2.27. The molecule has 0 bridgehead atoms. The molecule has 2 heterocycles. The van der Waals surface area contributed by atoms with Crippen molar-refractivity contribution in [1.82, 2.24) is 15.3 Å². The third-order valence-corrected chi connectivity index (χ3v) is 7.78. The highest BCUT2D eigenvalue weighted by Gasteiger charge is 2.21. The largest absolute Gasteiger partial charge is 0.487 e. The first-order valence-electron chi connectivity index (χ1n) is 13.3. The number of nitrogens with zero attached hydrogens (tertiary/aromatic N) is 2. The Kier molecular flexibility index (Phi) is 9.26. The lowest BCUT2D eigenvalue weighted by atomic mass is 10.1. The molecule has 2 N–H and O–H groups in total. The summed E-state index contributed by atoms with van der Waals surface area (Å²) in [7, 11) is -3.29. The smallest absolute Gasteiger partial charge is 0.149 e. The normalized spacial score (nSPS) is 12.1. The summed E-state index contributed by atoms with van der Waals surface area (Å²) >= 11 is 6.47. The molecule has 43 heavy (non-hydrogen) atoms. The zero-order valence-corrected chi connectivity index (χ0v) is 24.8. The van der Waals surface area contributed by atoms with Crippen molar-refractivity contribution in [2.24, 2.45) is 0 Å². The van der Waals surface area contributed by atoms with Crippen molar-refractivity contribution in [3.63, 3.8) is 0 Å². The number of rotatable bonds is 12. The first kappa shape index (κ1) is 30.0. The molecule has 8 nitrogen and oxygen atoms in total. The number of benzene rings is 3. The molecule has 0 saturated heterocycles. The first-order valence-corrected chi connectivity index (χ1v) is 15.7. The molecule has 1 unspecified atom stereocenters. The van der Waals surface area contributed by atoms with Crippen LogP contribution >= 0.6 is 11.6 Å². The van der Waals surface area contributed by atoms with E-state index >= 15 is 0 Å². The van der Waals surface area contributed by atoms with Crippen molar-refractivity contribution in [3.05, 3.63) is 107 Å². The zero-order valence-electron chi connectivity index (χ0n) is 23.2. The molecule has 0 radical (unpaired) electrons. The molecule has 3 aromatic carbocycles. The molecule has 0 amide bonds. The fourth-order valence-electron chi connectivity index (χ4n) is 4.52. The fraction of sp³-hybridized carbons (Fsp3) is 0.188. The van der Waals surface area contributed by atoms with Crippen molar-refractivity contribution in [3.8, 4) is 29.4 Å². The average molecular weight is 619 g/mol. The Morgan fingerprint density at radius 3 is 2.70 bits per heavy atom. The molecule has 220 valence electrons. The van der Waals surface area contributed by atoms with Gasteiger partial charge in [-0.25, -0.2) is 22.8 Å². The van der Waals surface area contributed by atoms with E-state index in [0.29, 0.717) is 40.2 Å². The van der Waals surface area contributed by atoms with Gasteiger partial charge in [-0.15, -0.1) is 6.42 Å². The summed E-state index contributed by atoms with van der Waals surface area (Å²) in [5, 5.41) is 7.59. The Morgan fingerprint density at radius 2 is 1.93 bits per heavy atom. The molecule has 0 saturated carbocycles. The van der Waals surface area contributed by atoms with E-state index in [1.807, 2.05) is 24.3 Å². The van der Waals surface area contributed by atoms with Gasteiger partial charge in [0.2, 0.25) is 0 Å². The van der Waals surface area contributed by atoms with Gasteiger partial charge in [0.15, 0.2) is 0 Å².